The van der Waals surface area contributed by atoms with Crippen LogP contribution in [0.3, 0.4) is 0 Å². The third-order valence-corrected chi connectivity index (χ3v) is 8.61. The molecule has 2 aromatic heterocycles. The molecule has 0 bridgehead atoms. The number of nitrogens with zero attached hydrogens (tertiary/aromatic N) is 4. The fraction of sp³-hybridized carbons (Fsp3) is 0.462. The van der Waals surface area contributed by atoms with Crippen molar-refractivity contribution in [3.63, 3.8) is 0 Å². The number of benzene rings is 1. The van der Waals surface area contributed by atoms with Crippen molar-refractivity contribution in [1.82, 2.24) is 19.2 Å². The second kappa shape index (κ2) is 9.86. The van der Waals surface area contributed by atoms with Gasteiger partial charge in [0.25, 0.3) is 0 Å². The Labute approximate surface area is 217 Å². The van der Waals surface area contributed by atoms with Crippen molar-refractivity contribution in [3.8, 4) is 22.6 Å². The monoisotopic (exact) mass is 527 g/mol. The molecule has 2 atom stereocenters. The number of pyridine rings is 1. The maximum atomic E-state index is 11.9. The van der Waals surface area contributed by atoms with E-state index in [2.05, 4.69) is 15.3 Å². The maximum Gasteiger partial charge on any atom is 0.220 e. The van der Waals surface area contributed by atoms with Gasteiger partial charge in [-0.1, -0.05) is 6.07 Å². The predicted molar refractivity (Wildman–Crippen MR) is 142 cm³/mol. The Balaban J connectivity index is 1.44. The Bertz CT molecular complexity index is 1430. The standard InChI is InChI=1S/C26H33N5O5S/c1-17-14-28-31-16-21(12-24(26(17)31)36-18(2)20-13-25(32)27-15-20)19-5-6-22(23(11-19)35-3)29-7-9-30(10-8-29)37(4,33)34/h5-6,11-12,14,16,18,20H,7-10,13,15H2,1-4H3,(H,27,32)/t18-,20-/m1/s1. The molecule has 2 fully saturated rings. The first-order chi connectivity index (χ1) is 17.6. The number of nitrogens with one attached hydrogen (secondary N) is 1. The Morgan fingerprint density at radius 2 is 1.84 bits per heavy atom. The maximum absolute atomic E-state index is 11.9. The third kappa shape index (κ3) is 5.10. The van der Waals surface area contributed by atoms with Crippen LogP contribution in [-0.4, -0.2) is 80.4 Å². The summed E-state index contributed by atoms with van der Waals surface area (Å²) in [6.45, 7) is 6.69. The SMILES string of the molecule is COc1cc(-c2cc(O[C@H](C)[C@H]3CNC(=O)C3)c3c(C)cnn3c2)ccc1N1CCN(S(C)(=O)=O)CC1. The molecular formula is C26H33N5O5S. The Kier molecular flexibility index (Phi) is 6.76. The first-order valence-corrected chi connectivity index (χ1v) is 14.3. The van der Waals surface area contributed by atoms with Crippen molar-refractivity contribution in [3.05, 3.63) is 42.2 Å². The minimum Gasteiger partial charge on any atom is -0.495 e. The van der Waals surface area contributed by atoms with Crippen LogP contribution in [0.2, 0.25) is 0 Å². The van der Waals surface area contributed by atoms with E-state index in [1.807, 2.05) is 55.0 Å². The van der Waals surface area contributed by atoms with Crippen molar-refractivity contribution in [2.75, 3.05) is 51.0 Å². The van der Waals surface area contributed by atoms with E-state index in [0.29, 0.717) is 44.9 Å². The Morgan fingerprint density at radius 3 is 2.49 bits per heavy atom. The van der Waals surface area contributed by atoms with Crippen LogP contribution in [0.5, 0.6) is 11.5 Å². The van der Waals surface area contributed by atoms with Gasteiger partial charge in [-0.05, 0) is 43.2 Å². The molecule has 2 saturated heterocycles. The Morgan fingerprint density at radius 1 is 1.11 bits per heavy atom. The smallest absolute Gasteiger partial charge is 0.220 e. The number of carbonyl (C=O) groups is 1. The molecule has 1 amide bonds. The molecule has 198 valence electrons. The number of ether oxygens (including phenoxy) is 2. The number of carbonyl (C=O) groups excluding carboxylic acids is 1. The van der Waals surface area contributed by atoms with Crippen LogP contribution in [-0.2, 0) is 14.8 Å². The average molecular weight is 528 g/mol. The van der Waals surface area contributed by atoms with Crippen LogP contribution < -0.4 is 19.7 Å². The molecule has 4 heterocycles. The molecule has 1 aromatic carbocycles. The zero-order chi connectivity index (χ0) is 26.3. The number of anilines is 1. The summed E-state index contributed by atoms with van der Waals surface area (Å²) in [5.74, 6) is 1.61. The van der Waals surface area contributed by atoms with Crippen molar-refractivity contribution in [1.29, 1.82) is 0 Å². The number of fused-ring (bicyclic) bond motifs is 1. The molecule has 2 aliphatic heterocycles. The van der Waals surface area contributed by atoms with Crippen LogP contribution in [0.15, 0.2) is 36.7 Å². The first-order valence-electron chi connectivity index (χ1n) is 12.4. The van der Waals surface area contributed by atoms with Crippen molar-refractivity contribution in [2.45, 2.75) is 26.4 Å². The van der Waals surface area contributed by atoms with Gasteiger partial charge in [0, 0.05) is 56.8 Å². The van der Waals surface area contributed by atoms with E-state index in [0.717, 1.165) is 33.6 Å². The van der Waals surface area contributed by atoms with Gasteiger partial charge in [-0.25, -0.2) is 12.9 Å². The lowest BCUT2D eigenvalue weighted by Gasteiger charge is -2.35. The quantitative estimate of drug-likeness (QED) is 0.503. The highest BCUT2D eigenvalue weighted by Crippen LogP contribution is 2.37. The summed E-state index contributed by atoms with van der Waals surface area (Å²) in [5.41, 5.74) is 4.71. The van der Waals surface area contributed by atoms with E-state index < -0.39 is 10.0 Å². The van der Waals surface area contributed by atoms with Gasteiger partial charge in [-0.3, -0.25) is 4.79 Å². The number of hydrogen-bond acceptors (Lipinski definition) is 7. The predicted octanol–water partition coefficient (Wildman–Crippen LogP) is 2.30. The highest BCUT2D eigenvalue weighted by molar-refractivity contribution is 7.88. The lowest BCUT2D eigenvalue weighted by atomic mass is 10.0. The molecule has 0 radical (unpaired) electrons. The Hall–Kier alpha value is -3.31. The van der Waals surface area contributed by atoms with E-state index in [1.54, 1.807) is 7.11 Å². The largest absolute Gasteiger partial charge is 0.495 e. The van der Waals surface area contributed by atoms with E-state index in [9.17, 15) is 13.2 Å². The van der Waals surface area contributed by atoms with Crippen molar-refractivity contribution in [2.24, 2.45) is 5.92 Å². The van der Waals surface area contributed by atoms with Gasteiger partial charge in [0.1, 0.15) is 23.1 Å². The van der Waals surface area contributed by atoms with Gasteiger partial charge in [0.15, 0.2) is 0 Å². The molecule has 0 aliphatic carbocycles. The zero-order valence-corrected chi connectivity index (χ0v) is 22.4. The normalized spacial score (nSPS) is 19.7. The summed E-state index contributed by atoms with van der Waals surface area (Å²) < 4.78 is 39.3. The number of piperazine rings is 1. The first kappa shape index (κ1) is 25.3. The molecule has 3 aromatic rings. The molecule has 5 rings (SSSR count). The molecule has 11 heteroatoms. The number of aryl methyl sites for hydroxylation is 1. The number of sulfonamides is 1. The minimum absolute atomic E-state index is 0.0600. The number of rotatable bonds is 7. The molecule has 2 aliphatic rings. The molecule has 0 saturated carbocycles. The van der Waals surface area contributed by atoms with Gasteiger partial charge in [0.05, 0.1) is 25.2 Å². The van der Waals surface area contributed by atoms with Gasteiger partial charge < -0.3 is 19.7 Å². The topological polar surface area (TPSA) is 105 Å². The summed E-state index contributed by atoms with van der Waals surface area (Å²) >= 11 is 0. The van der Waals surface area contributed by atoms with Crippen LogP contribution in [0.25, 0.3) is 16.6 Å². The van der Waals surface area contributed by atoms with Crippen molar-refractivity contribution < 1.29 is 22.7 Å². The van der Waals surface area contributed by atoms with E-state index in [-0.39, 0.29) is 17.9 Å². The molecule has 0 spiro atoms. The van der Waals surface area contributed by atoms with Gasteiger partial charge in [-0.15, -0.1) is 0 Å². The zero-order valence-electron chi connectivity index (χ0n) is 21.6. The number of methoxy groups -OCH3 is 1. The van der Waals surface area contributed by atoms with Gasteiger partial charge >= 0.3 is 0 Å². The summed E-state index contributed by atoms with van der Waals surface area (Å²) in [6.07, 6.45) is 5.36. The summed E-state index contributed by atoms with van der Waals surface area (Å²) in [6, 6.07) is 8.06. The second-order valence-corrected chi connectivity index (χ2v) is 11.8. The third-order valence-electron chi connectivity index (χ3n) is 7.31. The molecular weight excluding hydrogens is 494 g/mol. The number of aromatic nitrogens is 2. The molecule has 1 N–H and O–H groups in total. The van der Waals surface area contributed by atoms with Gasteiger partial charge in [-0.2, -0.15) is 9.40 Å². The van der Waals surface area contributed by atoms with Gasteiger partial charge in [0.2, 0.25) is 15.9 Å². The average Bonchev–Trinajstić information content (AvgIpc) is 3.49. The molecule has 37 heavy (non-hydrogen) atoms. The lowest BCUT2D eigenvalue weighted by molar-refractivity contribution is -0.119. The summed E-state index contributed by atoms with van der Waals surface area (Å²) in [7, 11) is -1.55. The van der Waals surface area contributed by atoms with Crippen LogP contribution >= 0.6 is 0 Å². The molecule has 0 unspecified atom stereocenters. The fourth-order valence-electron chi connectivity index (χ4n) is 5.11. The fourth-order valence-corrected chi connectivity index (χ4v) is 5.94. The van der Waals surface area contributed by atoms with Crippen LogP contribution in [0.1, 0.15) is 18.9 Å². The van der Waals surface area contributed by atoms with E-state index in [4.69, 9.17) is 9.47 Å². The summed E-state index contributed by atoms with van der Waals surface area (Å²) in [4.78, 5) is 13.9. The number of hydrogen-bond donors (Lipinski definition) is 1. The highest BCUT2D eigenvalue weighted by atomic mass is 32.2. The number of amides is 1. The minimum atomic E-state index is -3.19. The van der Waals surface area contributed by atoms with Crippen LogP contribution in [0.4, 0.5) is 5.69 Å². The molecule has 10 nitrogen and oxygen atoms in total. The van der Waals surface area contributed by atoms with E-state index in [1.165, 1.54) is 10.6 Å². The van der Waals surface area contributed by atoms with Crippen molar-refractivity contribution >= 4 is 27.1 Å². The lowest BCUT2D eigenvalue weighted by Crippen LogP contribution is -2.48. The second-order valence-electron chi connectivity index (χ2n) is 9.84. The van der Waals surface area contributed by atoms with E-state index >= 15 is 0 Å². The summed E-state index contributed by atoms with van der Waals surface area (Å²) in [5, 5.41) is 7.40. The highest BCUT2D eigenvalue weighted by Gasteiger charge is 2.29. The van der Waals surface area contributed by atoms with Crippen LogP contribution in [0, 0.1) is 12.8 Å².